The minimum atomic E-state index is -0.686. The van der Waals surface area contributed by atoms with Crippen LogP contribution in [0.25, 0.3) is 44.6 Å². The van der Waals surface area contributed by atoms with Gasteiger partial charge >= 0.3 is 5.63 Å². The topological polar surface area (TPSA) is 81.8 Å². The first-order valence-corrected chi connectivity index (χ1v) is 11.1. The van der Waals surface area contributed by atoms with Gasteiger partial charge in [0.05, 0.1) is 31.0 Å². The van der Waals surface area contributed by atoms with Gasteiger partial charge < -0.3 is 19.0 Å². The smallest absolute Gasteiger partial charge is 0.349 e. The van der Waals surface area contributed by atoms with E-state index in [1.807, 2.05) is 30.3 Å². The third-order valence-electron chi connectivity index (χ3n) is 5.73. The van der Waals surface area contributed by atoms with Crippen LogP contribution in [0.5, 0.6) is 17.2 Å². The molecule has 2 aromatic heterocycles. The second-order valence-electron chi connectivity index (χ2n) is 7.81. The van der Waals surface area contributed by atoms with Crippen LogP contribution in [0, 0.1) is 0 Å². The minimum Gasteiger partial charge on any atom is -0.506 e. The van der Waals surface area contributed by atoms with Crippen molar-refractivity contribution < 1.29 is 19.0 Å². The maximum Gasteiger partial charge on any atom is 0.349 e. The van der Waals surface area contributed by atoms with Gasteiger partial charge in [-0.2, -0.15) is 0 Å². The first kappa shape index (κ1) is 22.5. The molecule has 3 aromatic carbocycles. The molecule has 0 saturated carbocycles. The zero-order valence-corrected chi connectivity index (χ0v) is 19.7. The lowest BCUT2D eigenvalue weighted by atomic mass is 9.99. The summed E-state index contributed by atoms with van der Waals surface area (Å²) in [5, 5.41) is 12.1. The predicted molar refractivity (Wildman–Crippen MR) is 136 cm³/mol. The van der Waals surface area contributed by atoms with Crippen molar-refractivity contribution in [1.82, 2.24) is 4.98 Å². The molecule has 0 unspecified atom stereocenters. The van der Waals surface area contributed by atoms with Crippen molar-refractivity contribution in [2.75, 3.05) is 14.2 Å². The molecule has 0 aliphatic rings. The van der Waals surface area contributed by atoms with Crippen molar-refractivity contribution in [1.29, 1.82) is 0 Å². The Morgan fingerprint density at radius 3 is 2.34 bits per heavy atom. The molecule has 0 atom stereocenters. The summed E-state index contributed by atoms with van der Waals surface area (Å²) in [7, 11) is 3.16. The molecular formula is C28H20ClNO5. The van der Waals surface area contributed by atoms with Crippen LogP contribution in [0.1, 0.15) is 0 Å². The van der Waals surface area contributed by atoms with Crippen LogP contribution < -0.4 is 15.1 Å². The third-order valence-corrected chi connectivity index (χ3v) is 5.98. The molecule has 1 N–H and O–H groups in total. The van der Waals surface area contributed by atoms with Crippen molar-refractivity contribution in [2.24, 2.45) is 0 Å². The van der Waals surface area contributed by atoms with Crippen molar-refractivity contribution in [3.8, 4) is 50.9 Å². The van der Waals surface area contributed by atoms with E-state index in [0.29, 0.717) is 33.2 Å². The fourth-order valence-corrected chi connectivity index (χ4v) is 4.11. The van der Waals surface area contributed by atoms with Crippen molar-refractivity contribution in [3.05, 3.63) is 94.3 Å². The monoisotopic (exact) mass is 485 g/mol. The van der Waals surface area contributed by atoms with Gasteiger partial charge in [-0.3, -0.25) is 0 Å². The molecule has 6 nitrogen and oxygen atoms in total. The van der Waals surface area contributed by atoms with Gasteiger partial charge in [0.2, 0.25) is 0 Å². The Bertz CT molecular complexity index is 1610. The molecule has 5 aromatic rings. The number of nitrogens with zero attached hydrogens (tertiary/aromatic N) is 1. The van der Waals surface area contributed by atoms with Gasteiger partial charge in [0.15, 0.2) is 0 Å². The standard InChI is InChI=1S/C28H20ClNO5/c1-33-19-11-12-20(25(15-19)34-2)17-13-22(16-7-9-18(29)10-8-16)30-23(14-17)26-27(31)21-5-3-4-6-24(21)35-28(26)32/h3-15,31H,1-2H3. The highest BCUT2D eigenvalue weighted by Crippen LogP contribution is 2.39. The Balaban J connectivity index is 1.80. The SMILES string of the molecule is COc1ccc(-c2cc(-c3ccc(Cl)cc3)nc(-c3c(O)c4ccccc4oc3=O)c2)c(OC)c1. The van der Waals surface area contributed by atoms with E-state index in [9.17, 15) is 9.90 Å². The lowest BCUT2D eigenvalue weighted by Crippen LogP contribution is -2.05. The first-order chi connectivity index (χ1) is 17.0. The summed E-state index contributed by atoms with van der Waals surface area (Å²) in [4.78, 5) is 17.7. The molecule has 2 heterocycles. The molecule has 7 heteroatoms. The first-order valence-electron chi connectivity index (χ1n) is 10.7. The van der Waals surface area contributed by atoms with Crippen LogP contribution in [0.15, 0.2) is 88.1 Å². The number of fused-ring (bicyclic) bond motifs is 1. The Kier molecular flexibility index (Phi) is 5.89. The van der Waals surface area contributed by atoms with E-state index in [0.717, 1.165) is 16.7 Å². The number of para-hydroxylation sites is 1. The minimum absolute atomic E-state index is 0.0201. The van der Waals surface area contributed by atoms with Crippen LogP contribution in [-0.4, -0.2) is 24.3 Å². The summed E-state index contributed by atoms with van der Waals surface area (Å²) in [5.41, 5.74) is 2.71. The second kappa shape index (κ2) is 9.16. The van der Waals surface area contributed by atoms with E-state index in [-0.39, 0.29) is 17.0 Å². The van der Waals surface area contributed by atoms with Crippen molar-refractivity contribution >= 4 is 22.6 Å². The second-order valence-corrected chi connectivity index (χ2v) is 8.25. The zero-order chi connectivity index (χ0) is 24.5. The molecule has 0 aliphatic heterocycles. The summed E-state index contributed by atoms with van der Waals surface area (Å²) in [6.07, 6.45) is 0. The molecule has 0 aliphatic carbocycles. The summed E-state index contributed by atoms with van der Waals surface area (Å²) in [6, 6.07) is 23.1. The van der Waals surface area contributed by atoms with E-state index in [1.165, 1.54) is 0 Å². The summed E-state index contributed by atoms with van der Waals surface area (Å²) in [6.45, 7) is 0. The molecule has 0 saturated heterocycles. The van der Waals surface area contributed by atoms with Gasteiger partial charge in [0.25, 0.3) is 0 Å². The number of methoxy groups -OCH3 is 2. The van der Waals surface area contributed by atoms with Crippen LogP contribution in [0.2, 0.25) is 5.02 Å². The number of pyridine rings is 1. The zero-order valence-electron chi connectivity index (χ0n) is 18.9. The van der Waals surface area contributed by atoms with Crippen LogP contribution in [-0.2, 0) is 0 Å². The van der Waals surface area contributed by atoms with E-state index >= 15 is 0 Å². The summed E-state index contributed by atoms with van der Waals surface area (Å²) >= 11 is 6.08. The largest absolute Gasteiger partial charge is 0.506 e. The number of ether oxygens (including phenoxy) is 2. The number of benzene rings is 3. The molecule has 0 spiro atoms. The number of halogens is 1. The lowest BCUT2D eigenvalue weighted by Gasteiger charge is -2.14. The molecule has 0 fully saturated rings. The number of hydrogen-bond donors (Lipinski definition) is 1. The molecule has 174 valence electrons. The normalized spacial score (nSPS) is 10.9. The van der Waals surface area contributed by atoms with Crippen molar-refractivity contribution in [3.63, 3.8) is 0 Å². The van der Waals surface area contributed by atoms with Crippen LogP contribution in [0.3, 0.4) is 0 Å². The molecule has 0 bridgehead atoms. The average Bonchev–Trinajstić information content (AvgIpc) is 2.88. The van der Waals surface area contributed by atoms with E-state index in [2.05, 4.69) is 0 Å². The van der Waals surface area contributed by atoms with Crippen LogP contribution >= 0.6 is 11.6 Å². The highest BCUT2D eigenvalue weighted by atomic mass is 35.5. The maximum absolute atomic E-state index is 13.0. The molecule has 0 radical (unpaired) electrons. The number of hydrogen-bond acceptors (Lipinski definition) is 6. The van der Waals surface area contributed by atoms with Gasteiger partial charge in [0, 0.05) is 22.2 Å². The van der Waals surface area contributed by atoms with Gasteiger partial charge in [-0.1, -0.05) is 35.9 Å². The van der Waals surface area contributed by atoms with Gasteiger partial charge in [-0.15, -0.1) is 0 Å². The van der Waals surface area contributed by atoms with Crippen LogP contribution in [0.4, 0.5) is 0 Å². The quantitative estimate of drug-likeness (QED) is 0.284. The van der Waals surface area contributed by atoms with Crippen molar-refractivity contribution in [2.45, 2.75) is 0 Å². The highest BCUT2D eigenvalue weighted by molar-refractivity contribution is 6.30. The number of aromatic hydroxyl groups is 1. The molecule has 0 amide bonds. The van der Waals surface area contributed by atoms with Gasteiger partial charge in [-0.05, 0) is 54.1 Å². The Morgan fingerprint density at radius 1 is 0.857 bits per heavy atom. The lowest BCUT2D eigenvalue weighted by molar-refractivity contribution is 0.395. The van der Waals surface area contributed by atoms with E-state index in [4.69, 9.17) is 30.5 Å². The highest BCUT2D eigenvalue weighted by Gasteiger charge is 2.20. The Labute approximate surface area is 206 Å². The Hall–Kier alpha value is -4.29. The number of aromatic nitrogens is 1. The summed E-state index contributed by atoms with van der Waals surface area (Å²) in [5.74, 6) is 1.04. The Morgan fingerprint density at radius 2 is 1.60 bits per heavy atom. The van der Waals surface area contributed by atoms with E-state index in [1.54, 1.807) is 62.8 Å². The molecule has 35 heavy (non-hydrogen) atoms. The summed E-state index contributed by atoms with van der Waals surface area (Å²) < 4.78 is 16.4. The van der Waals surface area contributed by atoms with Gasteiger partial charge in [0.1, 0.15) is 28.4 Å². The molecule has 5 rings (SSSR count). The van der Waals surface area contributed by atoms with E-state index < -0.39 is 5.63 Å². The fourth-order valence-electron chi connectivity index (χ4n) is 3.98. The molecular weight excluding hydrogens is 466 g/mol. The fraction of sp³-hybridized carbons (Fsp3) is 0.0714. The number of rotatable bonds is 5. The predicted octanol–water partition coefficient (Wildman–Crippen LogP) is 6.57. The average molecular weight is 486 g/mol. The maximum atomic E-state index is 13.0. The van der Waals surface area contributed by atoms with Gasteiger partial charge in [-0.25, -0.2) is 9.78 Å². The third kappa shape index (κ3) is 4.20.